The zero-order valence-corrected chi connectivity index (χ0v) is 9.96. The van der Waals surface area contributed by atoms with Crippen molar-refractivity contribution < 1.29 is 4.39 Å². The Bertz CT molecular complexity index is 691. The number of fused-ring (bicyclic) bond motifs is 1. The van der Waals surface area contributed by atoms with E-state index in [1.807, 2.05) is 6.92 Å². The number of thiazole rings is 1. The summed E-state index contributed by atoms with van der Waals surface area (Å²) in [5.41, 5.74) is 4.20. The Labute approximate surface area is 102 Å². The smallest absolute Gasteiger partial charge is 0.132 e. The third kappa shape index (κ3) is 1.70. The molecular formula is C13H9FN2S. The number of halogens is 1. The van der Waals surface area contributed by atoms with E-state index in [0.717, 1.165) is 16.1 Å². The largest absolute Gasteiger partial charge is 0.255 e. The first-order valence-corrected chi connectivity index (χ1v) is 6.08. The first-order chi connectivity index (χ1) is 8.25. The summed E-state index contributed by atoms with van der Waals surface area (Å²) in [6.45, 7) is 2.00. The second kappa shape index (κ2) is 3.89. The maximum Gasteiger partial charge on any atom is 0.132 e. The lowest BCUT2D eigenvalue weighted by Gasteiger charge is -2.02. The minimum atomic E-state index is -0.246. The summed E-state index contributed by atoms with van der Waals surface area (Å²) in [5.74, 6) is -0.246. The molecule has 0 bridgehead atoms. The average molecular weight is 244 g/mol. The van der Waals surface area contributed by atoms with Crippen molar-refractivity contribution in [2.24, 2.45) is 0 Å². The third-order valence-electron chi connectivity index (χ3n) is 2.69. The maximum absolute atomic E-state index is 13.7. The van der Waals surface area contributed by atoms with E-state index in [0.29, 0.717) is 10.9 Å². The van der Waals surface area contributed by atoms with Crippen LogP contribution in [0.3, 0.4) is 0 Å². The first kappa shape index (κ1) is 10.4. The maximum atomic E-state index is 13.7. The minimum absolute atomic E-state index is 0.246. The van der Waals surface area contributed by atoms with Crippen LogP contribution in [0, 0.1) is 12.7 Å². The topological polar surface area (TPSA) is 25.8 Å². The number of nitrogens with zero attached hydrogens (tertiary/aromatic N) is 2. The van der Waals surface area contributed by atoms with Crippen molar-refractivity contribution in [2.75, 3.05) is 0 Å². The standard InChI is InChI=1S/C13H9FN2S/c1-8-13(16-7-17-8)9-5-10-11(14)3-2-4-12(10)15-6-9/h2-7H,1H3. The molecule has 0 saturated heterocycles. The monoisotopic (exact) mass is 244 g/mol. The van der Waals surface area contributed by atoms with Crippen LogP contribution in [0.2, 0.25) is 0 Å². The van der Waals surface area contributed by atoms with Gasteiger partial charge in [0.2, 0.25) is 0 Å². The Morgan fingerprint density at radius 1 is 1.24 bits per heavy atom. The van der Waals surface area contributed by atoms with Crippen molar-refractivity contribution in [2.45, 2.75) is 6.92 Å². The zero-order chi connectivity index (χ0) is 11.8. The van der Waals surface area contributed by atoms with E-state index in [1.165, 1.54) is 6.07 Å². The molecule has 0 N–H and O–H groups in total. The highest BCUT2D eigenvalue weighted by Gasteiger charge is 2.08. The van der Waals surface area contributed by atoms with E-state index < -0.39 is 0 Å². The Kier molecular flexibility index (Phi) is 2.37. The van der Waals surface area contributed by atoms with Crippen LogP contribution in [-0.4, -0.2) is 9.97 Å². The average Bonchev–Trinajstić information content (AvgIpc) is 2.76. The Hall–Kier alpha value is -1.81. The molecule has 1 aromatic carbocycles. The molecular weight excluding hydrogens is 235 g/mol. The Morgan fingerprint density at radius 2 is 2.12 bits per heavy atom. The molecule has 0 fully saturated rings. The highest BCUT2D eigenvalue weighted by Crippen LogP contribution is 2.27. The molecule has 0 amide bonds. The van der Waals surface area contributed by atoms with Crippen LogP contribution in [0.25, 0.3) is 22.2 Å². The van der Waals surface area contributed by atoms with Crippen molar-refractivity contribution in [1.82, 2.24) is 9.97 Å². The van der Waals surface area contributed by atoms with Crippen molar-refractivity contribution in [3.63, 3.8) is 0 Å². The molecule has 84 valence electrons. The van der Waals surface area contributed by atoms with Gasteiger partial charge in [0.15, 0.2) is 0 Å². The number of hydrogen-bond acceptors (Lipinski definition) is 3. The molecule has 0 unspecified atom stereocenters. The van der Waals surface area contributed by atoms with Crippen molar-refractivity contribution >= 4 is 22.2 Å². The highest BCUT2D eigenvalue weighted by atomic mass is 32.1. The van der Waals surface area contributed by atoms with Gasteiger partial charge in [0.05, 0.1) is 16.7 Å². The van der Waals surface area contributed by atoms with E-state index >= 15 is 0 Å². The van der Waals surface area contributed by atoms with Crippen LogP contribution in [0.1, 0.15) is 4.88 Å². The molecule has 4 heteroatoms. The van der Waals surface area contributed by atoms with E-state index in [9.17, 15) is 4.39 Å². The lowest BCUT2D eigenvalue weighted by molar-refractivity contribution is 0.639. The number of rotatable bonds is 1. The predicted octanol–water partition coefficient (Wildman–Crippen LogP) is 3.81. The van der Waals surface area contributed by atoms with Gasteiger partial charge in [-0.1, -0.05) is 6.07 Å². The lowest BCUT2D eigenvalue weighted by atomic mass is 10.1. The van der Waals surface area contributed by atoms with Gasteiger partial charge in [-0.25, -0.2) is 9.37 Å². The molecule has 3 aromatic rings. The van der Waals surface area contributed by atoms with Gasteiger partial charge in [0.1, 0.15) is 5.82 Å². The van der Waals surface area contributed by atoms with Crippen LogP contribution in [0.5, 0.6) is 0 Å². The van der Waals surface area contributed by atoms with E-state index in [-0.39, 0.29) is 5.82 Å². The number of aromatic nitrogens is 2. The number of hydrogen-bond donors (Lipinski definition) is 0. The molecule has 0 aliphatic carbocycles. The van der Waals surface area contributed by atoms with Crippen molar-refractivity contribution in [3.05, 3.63) is 46.7 Å². The molecule has 0 spiro atoms. The van der Waals surface area contributed by atoms with Crippen LogP contribution >= 0.6 is 11.3 Å². The fourth-order valence-corrected chi connectivity index (χ4v) is 2.42. The molecule has 0 atom stereocenters. The van der Waals surface area contributed by atoms with Gasteiger partial charge in [-0.2, -0.15) is 0 Å². The molecule has 2 aromatic heterocycles. The molecule has 0 aliphatic rings. The van der Waals surface area contributed by atoms with Crippen molar-refractivity contribution in [3.8, 4) is 11.3 Å². The number of pyridine rings is 1. The fourth-order valence-electron chi connectivity index (χ4n) is 1.83. The van der Waals surface area contributed by atoms with Crippen LogP contribution in [0.15, 0.2) is 36.0 Å². The first-order valence-electron chi connectivity index (χ1n) is 5.20. The quantitative estimate of drug-likeness (QED) is 0.650. The van der Waals surface area contributed by atoms with Crippen LogP contribution < -0.4 is 0 Å². The van der Waals surface area contributed by atoms with E-state index in [4.69, 9.17) is 0 Å². The highest BCUT2D eigenvalue weighted by molar-refractivity contribution is 7.10. The van der Waals surface area contributed by atoms with Crippen molar-refractivity contribution in [1.29, 1.82) is 0 Å². The second-order valence-corrected chi connectivity index (χ2v) is 4.85. The third-order valence-corrected chi connectivity index (χ3v) is 3.45. The summed E-state index contributed by atoms with van der Waals surface area (Å²) >= 11 is 1.58. The zero-order valence-electron chi connectivity index (χ0n) is 9.14. The van der Waals surface area contributed by atoms with E-state index in [2.05, 4.69) is 9.97 Å². The summed E-state index contributed by atoms with van der Waals surface area (Å²) in [6.07, 6.45) is 1.74. The van der Waals surface area contributed by atoms with Gasteiger partial charge in [0.25, 0.3) is 0 Å². The SMILES string of the molecule is Cc1scnc1-c1cnc2cccc(F)c2c1. The van der Waals surface area contributed by atoms with Gasteiger partial charge in [0, 0.05) is 22.0 Å². The van der Waals surface area contributed by atoms with Gasteiger partial charge in [-0.15, -0.1) is 11.3 Å². The summed E-state index contributed by atoms with van der Waals surface area (Å²) < 4.78 is 13.7. The summed E-state index contributed by atoms with van der Waals surface area (Å²) in [7, 11) is 0. The van der Waals surface area contributed by atoms with Gasteiger partial charge >= 0.3 is 0 Å². The molecule has 0 saturated carbocycles. The summed E-state index contributed by atoms with van der Waals surface area (Å²) in [6, 6.07) is 6.72. The van der Waals surface area contributed by atoms with Crippen LogP contribution in [-0.2, 0) is 0 Å². The molecule has 3 rings (SSSR count). The summed E-state index contributed by atoms with van der Waals surface area (Å²) in [4.78, 5) is 9.66. The minimum Gasteiger partial charge on any atom is -0.255 e. The van der Waals surface area contributed by atoms with Gasteiger partial charge in [-0.3, -0.25) is 4.98 Å². The molecule has 0 radical (unpaired) electrons. The van der Waals surface area contributed by atoms with Gasteiger partial charge in [-0.05, 0) is 25.1 Å². The number of aryl methyl sites for hydroxylation is 1. The predicted molar refractivity (Wildman–Crippen MR) is 67.5 cm³/mol. The molecule has 2 nitrogen and oxygen atoms in total. The second-order valence-electron chi connectivity index (χ2n) is 3.79. The van der Waals surface area contributed by atoms with Gasteiger partial charge < -0.3 is 0 Å². The normalized spacial score (nSPS) is 10.9. The molecule has 0 aliphatic heterocycles. The Morgan fingerprint density at radius 3 is 2.88 bits per heavy atom. The number of benzene rings is 1. The summed E-state index contributed by atoms with van der Waals surface area (Å²) in [5, 5.41) is 0.539. The lowest BCUT2D eigenvalue weighted by Crippen LogP contribution is -1.87. The Balaban J connectivity index is 2.27. The van der Waals surface area contributed by atoms with E-state index in [1.54, 1.807) is 41.2 Å². The fraction of sp³-hybridized carbons (Fsp3) is 0.0769. The van der Waals surface area contributed by atoms with Crippen LogP contribution in [0.4, 0.5) is 4.39 Å². The molecule has 17 heavy (non-hydrogen) atoms. The molecule has 2 heterocycles.